The molecule has 0 spiro atoms. The number of nitrogens with zero attached hydrogens (tertiary/aromatic N) is 5. The van der Waals surface area contributed by atoms with Crippen molar-refractivity contribution in [2.24, 2.45) is 16.8 Å². The molecule has 10 heteroatoms. The zero-order chi connectivity index (χ0) is 18.5. The second kappa shape index (κ2) is 8.17. The molecule has 1 aromatic heterocycles. The molecule has 9 nitrogen and oxygen atoms in total. The number of rotatable bonds is 5. The minimum atomic E-state index is -1.32. The number of alkyl halides is 1. The van der Waals surface area contributed by atoms with Crippen LogP contribution < -0.4 is 16.0 Å². The Labute approximate surface area is 150 Å². The molecule has 0 aromatic carbocycles. The summed E-state index contributed by atoms with van der Waals surface area (Å²) in [5.74, 6) is -0.857. The molecule has 0 aliphatic carbocycles. The van der Waals surface area contributed by atoms with Crippen LogP contribution in [-0.4, -0.2) is 71.9 Å². The van der Waals surface area contributed by atoms with Gasteiger partial charge in [0.15, 0.2) is 0 Å². The van der Waals surface area contributed by atoms with Crippen LogP contribution in [0.1, 0.15) is 23.3 Å². The van der Waals surface area contributed by atoms with Crippen molar-refractivity contribution < 1.29 is 14.0 Å². The van der Waals surface area contributed by atoms with E-state index in [1.807, 2.05) is 0 Å². The Morgan fingerprint density at radius 2 is 2.19 bits per heavy atom. The quantitative estimate of drug-likeness (QED) is 0.732. The predicted octanol–water partition coefficient (Wildman–Crippen LogP) is -0.452. The zero-order valence-corrected chi connectivity index (χ0v) is 14.3. The molecule has 3 rings (SSSR count). The van der Waals surface area contributed by atoms with E-state index in [9.17, 15) is 14.0 Å². The van der Waals surface area contributed by atoms with E-state index in [1.165, 1.54) is 17.4 Å². The molecule has 2 amide bonds. The van der Waals surface area contributed by atoms with Crippen molar-refractivity contribution in [3.8, 4) is 0 Å². The number of piperidine rings is 1. The topological polar surface area (TPSA) is 117 Å². The number of amides is 2. The Kier molecular flexibility index (Phi) is 5.71. The van der Waals surface area contributed by atoms with Crippen LogP contribution >= 0.6 is 0 Å². The van der Waals surface area contributed by atoms with Gasteiger partial charge in [0, 0.05) is 44.9 Å². The molecule has 1 fully saturated rings. The highest BCUT2D eigenvalue weighted by Crippen LogP contribution is 2.26. The maximum absolute atomic E-state index is 14.6. The molecule has 2 aliphatic heterocycles. The lowest BCUT2D eigenvalue weighted by atomic mass is 9.93. The van der Waals surface area contributed by atoms with Crippen LogP contribution in [0.25, 0.3) is 0 Å². The highest BCUT2D eigenvalue weighted by molar-refractivity contribution is 5.92. The summed E-state index contributed by atoms with van der Waals surface area (Å²) in [6, 6.07) is 1.52. The Balaban J connectivity index is 1.64. The number of nitrogens with two attached hydrogens (primary N) is 1. The summed E-state index contributed by atoms with van der Waals surface area (Å²) in [6.07, 6.45) is 2.69. The van der Waals surface area contributed by atoms with E-state index >= 15 is 0 Å². The van der Waals surface area contributed by atoms with Crippen molar-refractivity contribution in [3.05, 3.63) is 18.1 Å². The van der Waals surface area contributed by atoms with Gasteiger partial charge in [-0.1, -0.05) is 0 Å². The van der Waals surface area contributed by atoms with Gasteiger partial charge < -0.3 is 16.0 Å². The normalized spacial score (nSPS) is 22.5. The number of hydrogen-bond acceptors (Lipinski definition) is 7. The molecule has 1 saturated heterocycles. The fourth-order valence-electron chi connectivity index (χ4n) is 3.06. The number of carbonyl (C=O) groups excluding carboxylic acids is 2. The van der Waals surface area contributed by atoms with E-state index in [-0.39, 0.29) is 24.1 Å². The van der Waals surface area contributed by atoms with Crippen molar-refractivity contribution >= 4 is 23.8 Å². The third-order valence-electron chi connectivity index (χ3n) is 4.44. The van der Waals surface area contributed by atoms with Gasteiger partial charge in [-0.3, -0.25) is 9.59 Å². The number of aromatic nitrogens is 2. The van der Waals surface area contributed by atoms with Gasteiger partial charge in [-0.25, -0.2) is 19.4 Å². The van der Waals surface area contributed by atoms with Gasteiger partial charge in [0.05, 0.1) is 12.5 Å². The average molecular weight is 363 g/mol. The lowest BCUT2D eigenvalue weighted by molar-refractivity contribution is -0.137. The number of halogens is 1. The Bertz CT molecular complexity index is 699. The van der Waals surface area contributed by atoms with Gasteiger partial charge in [-0.15, -0.1) is 0 Å². The second-order valence-electron chi connectivity index (χ2n) is 6.21. The largest absolute Gasteiger partial charge is 0.354 e. The van der Waals surface area contributed by atoms with Crippen molar-refractivity contribution in [1.82, 2.24) is 20.3 Å². The van der Waals surface area contributed by atoms with E-state index < -0.39 is 12.1 Å². The molecule has 3 N–H and O–H groups in total. The number of hydrogen-bond donors (Lipinski definition) is 2. The summed E-state index contributed by atoms with van der Waals surface area (Å²) < 4.78 is 14.6. The predicted molar refractivity (Wildman–Crippen MR) is 93.5 cm³/mol. The summed E-state index contributed by atoms with van der Waals surface area (Å²) >= 11 is 0. The average Bonchev–Trinajstić information content (AvgIpc) is 3.20. The Morgan fingerprint density at radius 1 is 1.35 bits per heavy atom. The van der Waals surface area contributed by atoms with Gasteiger partial charge in [0.25, 0.3) is 5.91 Å². The van der Waals surface area contributed by atoms with Crippen molar-refractivity contribution in [1.29, 1.82) is 0 Å². The van der Waals surface area contributed by atoms with E-state index in [4.69, 9.17) is 5.73 Å². The van der Waals surface area contributed by atoms with Gasteiger partial charge in [-0.05, 0) is 6.42 Å². The summed E-state index contributed by atoms with van der Waals surface area (Å²) in [4.78, 5) is 34.1. The first-order valence-corrected chi connectivity index (χ1v) is 8.63. The van der Waals surface area contributed by atoms with Crippen LogP contribution in [0, 0.1) is 5.92 Å². The second-order valence-corrected chi connectivity index (χ2v) is 6.21. The van der Waals surface area contributed by atoms with Gasteiger partial charge in [0.2, 0.25) is 5.91 Å². The van der Waals surface area contributed by atoms with E-state index in [2.05, 4.69) is 20.4 Å². The van der Waals surface area contributed by atoms with Crippen molar-refractivity contribution in [2.45, 2.75) is 19.0 Å². The minimum absolute atomic E-state index is 0.0365. The minimum Gasteiger partial charge on any atom is -0.354 e. The molecule has 1 aromatic rings. The molecule has 140 valence electrons. The first kappa shape index (κ1) is 18.2. The van der Waals surface area contributed by atoms with Crippen molar-refractivity contribution in [3.63, 3.8) is 0 Å². The monoisotopic (exact) mass is 363 g/mol. The number of carbonyl (C=O) groups is 2. The molecule has 0 bridgehead atoms. The van der Waals surface area contributed by atoms with Crippen LogP contribution in [0.4, 0.5) is 10.2 Å². The Morgan fingerprint density at radius 3 is 2.88 bits per heavy atom. The molecule has 3 heterocycles. The molecule has 26 heavy (non-hydrogen) atoms. The van der Waals surface area contributed by atoms with Gasteiger partial charge in [-0.2, -0.15) is 5.10 Å². The third kappa shape index (κ3) is 3.96. The Hall–Kier alpha value is -2.62. The number of nitrogens with one attached hydrogen (secondary N) is 1. The highest BCUT2D eigenvalue weighted by atomic mass is 19.1. The van der Waals surface area contributed by atoms with Gasteiger partial charge >= 0.3 is 0 Å². The van der Waals surface area contributed by atoms with Gasteiger partial charge in [0.1, 0.15) is 24.0 Å². The first-order chi connectivity index (χ1) is 12.6. The summed E-state index contributed by atoms with van der Waals surface area (Å²) in [7, 11) is 0. The third-order valence-corrected chi connectivity index (χ3v) is 4.44. The fraction of sp³-hybridized carbons (Fsp3) is 0.562. The standard InChI is InChI=1S/C16H22FN7O2/c17-12-9-23(7-2-11(12)16(26)24-6-1-4-22-24)14-8-13(20-10-21-14)15(25)19-5-3-18/h4,8,10-12H,1-3,5-7,9,18H2,(H,19,25). The van der Waals surface area contributed by atoms with Crippen LogP contribution in [0.5, 0.6) is 0 Å². The molecule has 0 saturated carbocycles. The zero-order valence-electron chi connectivity index (χ0n) is 14.3. The summed E-state index contributed by atoms with van der Waals surface area (Å²) in [5.41, 5.74) is 5.56. The van der Waals surface area contributed by atoms with E-state index in [1.54, 1.807) is 11.1 Å². The summed E-state index contributed by atoms with van der Waals surface area (Å²) in [6.45, 7) is 1.69. The van der Waals surface area contributed by atoms with Crippen molar-refractivity contribution in [2.75, 3.05) is 37.6 Å². The molecule has 2 unspecified atom stereocenters. The van der Waals surface area contributed by atoms with E-state index in [0.717, 1.165) is 0 Å². The number of anilines is 1. The van der Waals surface area contributed by atoms with Crippen LogP contribution in [0.3, 0.4) is 0 Å². The first-order valence-electron chi connectivity index (χ1n) is 8.63. The maximum atomic E-state index is 14.6. The molecular weight excluding hydrogens is 341 g/mol. The van der Waals surface area contributed by atoms with Crippen LogP contribution in [-0.2, 0) is 4.79 Å². The molecular formula is C16H22FN7O2. The molecule has 2 atom stereocenters. The lowest BCUT2D eigenvalue weighted by Crippen LogP contribution is -2.48. The molecule has 0 radical (unpaired) electrons. The maximum Gasteiger partial charge on any atom is 0.270 e. The smallest absolute Gasteiger partial charge is 0.270 e. The summed E-state index contributed by atoms with van der Waals surface area (Å²) in [5, 5.41) is 7.96. The number of hydrazone groups is 1. The van der Waals surface area contributed by atoms with Crippen LogP contribution in [0.2, 0.25) is 0 Å². The lowest BCUT2D eigenvalue weighted by Gasteiger charge is -2.35. The molecule has 2 aliphatic rings. The SMILES string of the molecule is NCCNC(=O)c1cc(N2CCC(C(=O)N3CCC=N3)C(F)C2)ncn1. The fourth-order valence-corrected chi connectivity index (χ4v) is 3.06. The van der Waals surface area contributed by atoms with E-state index in [0.29, 0.717) is 44.8 Å². The van der Waals surface area contributed by atoms with Crippen LogP contribution in [0.15, 0.2) is 17.5 Å². The highest BCUT2D eigenvalue weighted by Gasteiger charge is 2.37.